The lowest BCUT2D eigenvalue weighted by atomic mass is 10.2. The second-order valence-electron chi connectivity index (χ2n) is 12.3. The van der Waals surface area contributed by atoms with Crippen molar-refractivity contribution >= 4 is 11.9 Å². The number of carbonyl (C=O) groups excluding carboxylic acids is 2. The third-order valence-corrected chi connectivity index (χ3v) is 7.98. The van der Waals surface area contributed by atoms with Crippen molar-refractivity contribution in [2.24, 2.45) is 0 Å². The first-order valence-electron chi connectivity index (χ1n) is 19.0. The molecule has 3 heterocycles. The zero-order valence-corrected chi connectivity index (χ0v) is 32.4. The van der Waals surface area contributed by atoms with Gasteiger partial charge in [-0.15, -0.1) is 0 Å². The lowest BCUT2D eigenvalue weighted by Gasteiger charge is -2.15. The molecule has 1 aliphatic heterocycles. The maximum Gasteiger partial charge on any atom is 0.340 e. The highest BCUT2D eigenvalue weighted by Crippen LogP contribution is 2.30. The molecule has 0 unspecified atom stereocenters. The molecule has 16 nitrogen and oxygen atoms in total. The quantitative estimate of drug-likeness (QED) is 0.249. The summed E-state index contributed by atoms with van der Waals surface area (Å²) in [4.78, 5) is 32.8. The molecule has 5 rings (SSSR count). The molecule has 0 atom stereocenters. The molecule has 0 radical (unpaired) electrons. The Morgan fingerprint density at radius 3 is 1.09 bits per heavy atom. The van der Waals surface area contributed by atoms with Crippen LogP contribution in [0.3, 0.4) is 0 Å². The molecule has 0 N–H and O–H groups in total. The van der Waals surface area contributed by atoms with Crippen LogP contribution in [0.5, 0.6) is 23.0 Å². The maximum absolute atomic E-state index is 12.4. The standard InChI is InChI=1S/C42H50N2O14/c45-41(35-3-1-9-43-29-35)57-31-33-5-7-37-39(27-33)55-25-21-51-17-13-48-14-18-52-22-26-56-40-28-34(32-58-42(46)36-4-2-10-44-30-36)6-8-38(40)54-24-20-50-16-12-47-11-15-49-19-23-53-37/h1-10,27-30H,11-26,31-32H2. The van der Waals surface area contributed by atoms with Gasteiger partial charge in [0.1, 0.15) is 39.6 Å². The number of rotatable bonds is 6. The number of pyridine rings is 2. The first kappa shape index (κ1) is 43.8. The summed E-state index contributed by atoms with van der Waals surface area (Å²) in [6, 6.07) is 17.3. The van der Waals surface area contributed by atoms with E-state index in [0.717, 1.165) is 11.1 Å². The summed E-state index contributed by atoms with van der Waals surface area (Å²) in [5, 5.41) is 0. The number of esters is 2. The fourth-order valence-electron chi connectivity index (χ4n) is 5.11. The molecule has 0 bridgehead atoms. The zero-order chi connectivity index (χ0) is 40.3. The number of carbonyl (C=O) groups is 2. The van der Waals surface area contributed by atoms with Crippen LogP contribution in [-0.2, 0) is 51.1 Å². The first-order chi connectivity index (χ1) is 28.7. The van der Waals surface area contributed by atoms with E-state index in [1.54, 1.807) is 73.1 Å². The smallest absolute Gasteiger partial charge is 0.340 e. The molecular weight excluding hydrogens is 756 g/mol. The summed E-state index contributed by atoms with van der Waals surface area (Å²) < 4.78 is 68.8. The van der Waals surface area contributed by atoms with E-state index in [9.17, 15) is 9.59 Å². The third-order valence-electron chi connectivity index (χ3n) is 7.98. The van der Waals surface area contributed by atoms with Gasteiger partial charge in [0.05, 0.1) is 90.4 Å². The van der Waals surface area contributed by atoms with E-state index >= 15 is 0 Å². The highest BCUT2D eigenvalue weighted by Gasteiger charge is 2.13. The number of fused-ring (bicyclic) bond motifs is 2. The third kappa shape index (κ3) is 16.6. The minimum atomic E-state index is -0.475. The van der Waals surface area contributed by atoms with Crippen molar-refractivity contribution in [1.82, 2.24) is 9.97 Å². The fraction of sp³-hybridized carbons (Fsp3) is 0.429. The van der Waals surface area contributed by atoms with Crippen LogP contribution in [0.2, 0.25) is 0 Å². The van der Waals surface area contributed by atoms with Gasteiger partial charge in [-0.3, -0.25) is 9.97 Å². The van der Waals surface area contributed by atoms with E-state index < -0.39 is 11.9 Å². The van der Waals surface area contributed by atoms with Gasteiger partial charge in [0.2, 0.25) is 0 Å². The Labute approximate surface area is 337 Å². The van der Waals surface area contributed by atoms with Crippen LogP contribution in [0, 0.1) is 0 Å². The molecule has 0 spiro atoms. The van der Waals surface area contributed by atoms with E-state index in [4.69, 9.17) is 56.8 Å². The number of ether oxygens (including phenoxy) is 12. The number of hydrogen-bond acceptors (Lipinski definition) is 16. The van der Waals surface area contributed by atoms with Crippen LogP contribution in [0.25, 0.3) is 0 Å². The van der Waals surface area contributed by atoms with Crippen molar-refractivity contribution in [3.05, 3.63) is 108 Å². The summed E-state index contributed by atoms with van der Waals surface area (Å²) in [6.45, 7) is 5.44. The van der Waals surface area contributed by atoms with E-state index in [2.05, 4.69) is 9.97 Å². The topological polar surface area (TPSA) is 171 Å². The largest absolute Gasteiger partial charge is 0.487 e. The highest BCUT2D eigenvalue weighted by atomic mass is 16.6. The second kappa shape index (κ2) is 26.5. The lowest BCUT2D eigenvalue weighted by Crippen LogP contribution is -2.16. The Balaban J connectivity index is 1.07. The monoisotopic (exact) mass is 806 g/mol. The summed E-state index contributed by atoms with van der Waals surface area (Å²) in [6.07, 6.45) is 6.09. The van der Waals surface area contributed by atoms with Crippen molar-refractivity contribution in [1.29, 1.82) is 0 Å². The molecule has 2 aromatic carbocycles. The molecule has 0 saturated carbocycles. The van der Waals surface area contributed by atoms with Gasteiger partial charge in [0.25, 0.3) is 0 Å². The second-order valence-corrected chi connectivity index (χ2v) is 12.3. The van der Waals surface area contributed by atoms with Crippen molar-refractivity contribution in [2.75, 3.05) is 106 Å². The molecule has 0 fully saturated rings. The number of benzene rings is 2. The van der Waals surface area contributed by atoms with Crippen LogP contribution in [0.4, 0.5) is 0 Å². The van der Waals surface area contributed by atoms with Crippen LogP contribution in [0.1, 0.15) is 31.8 Å². The first-order valence-corrected chi connectivity index (χ1v) is 19.0. The van der Waals surface area contributed by atoms with Gasteiger partial charge in [-0.1, -0.05) is 12.1 Å². The van der Waals surface area contributed by atoms with Crippen LogP contribution < -0.4 is 18.9 Å². The molecule has 0 aliphatic carbocycles. The predicted octanol–water partition coefficient (Wildman–Crippen LogP) is 4.52. The van der Waals surface area contributed by atoms with Crippen LogP contribution in [-0.4, -0.2) is 128 Å². The molecule has 0 saturated heterocycles. The van der Waals surface area contributed by atoms with E-state index in [1.165, 1.54) is 12.4 Å². The lowest BCUT2D eigenvalue weighted by molar-refractivity contribution is 0.00246. The number of hydrogen-bond donors (Lipinski definition) is 0. The molecule has 16 heteroatoms. The Kier molecular flexibility index (Phi) is 20.0. The summed E-state index contributed by atoms with van der Waals surface area (Å²) in [5.41, 5.74) is 2.18. The Morgan fingerprint density at radius 1 is 0.431 bits per heavy atom. The SMILES string of the molecule is O=C(OCc1ccc2c(c1)OCCOCCOCCOCCOc1cc(COC(=O)c3cccnc3)ccc1OCCOCCOCCOCCO2)c1cccnc1. The molecule has 4 aromatic rings. The minimum Gasteiger partial charge on any atom is -0.487 e. The molecule has 2 aromatic heterocycles. The van der Waals surface area contributed by atoms with E-state index in [0.29, 0.717) is 113 Å². The molecular formula is C42H50N2O14. The van der Waals surface area contributed by atoms with Gasteiger partial charge >= 0.3 is 11.9 Å². The van der Waals surface area contributed by atoms with Gasteiger partial charge < -0.3 is 56.8 Å². The van der Waals surface area contributed by atoms with E-state index in [1.807, 2.05) is 0 Å². The summed E-state index contributed by atoms with van der Waals surface area (Å²) in [5.74, 6) is 1.05. The normalized spacial score (nSPS) is 16.3. The van der Waals surface area contributed by atoms with Gasteiger partial charge in [-0.2, -0.15) is 0 Å². The number of aromatic nitrogens is 2. The average Bonchev–Trinajstić information content (AvgIpc) is 3.26. The fourth-order valence-corrected chi connectivity index (χ4v) is 5.11. The van der Waals surface area contributed by atoms with Gasteiger partial charge in [-0.25, -0.2) is 9.59 Å². The van der Waals surface area contributed by atoms with Gasteiger partial charge in [0.15, 0.2) is 23.0 Å². The van der Waals surface area contributed by atoms with Gasteiger partial charge in [-0.05, 0) is 59.7 Å². The average molecular weight is 807 g/mol. The Morgan fingerprint density at radius 2 is 0.759 bits per heavy atom. The zero-order valence-electron chi connectivity index (χ0n) is 32.4. The molecule has 0 amide bonds. The van der Waals surface area contributed by atoms with Crippen molar-refractivity contribution in [3.63, 3.8) is 0 Å². The highest BCUT2D eigenvalue weighted by molar-refractivity contribution is 5.89. The number of nitrogens with zero attached hydrogens (tertiary/aromatic N) is 2. The summed E-state index contributed by atoms with van der Waals surface area (Å²) in [7, 11) is 0. The maximum atomic E-state index is 12.4. The van der Waals surface area contributed by atoms with Crippen molar-refractivity contribution in [2.45, 2.75) is 13.2 Å². The Hall–Kier alpha value is -5.36. The molecule has 1 aliphatic rings. The van der Waals surface area contributed by atoms with E-state index in [-0.39, 0.29) is 39.6 Å². The van der Waals surface area contributed by atoms with Crippen molar-refractivity contribution < 1.29 is 66.4 Å². The van der Waals surface area contributed by atoms with Crippen LogP contribution in [0.15, 0.2) is 85.5 Å². The van der Waals surface area contributed by atoms with Gasteiger partial charge in [0, 0.05) is 24.8 Å². The summed E-state index contributed by atoms with van der Waals surface area (Å²) >= 11 is 0. The molecule has 312 valence electrons. The Bertz CT molecular complexity index is 1640. The predicted molar refractivity (Wildman–Crippen MR) is 206 cm³/mol. The van der Waals surface area contributed by atoms with Crippen molar-refractivity contribution in [3.8, 4) is 23.0 Å². The van der Waals surface area contributed by atoms with Crippen LogP contribution >= 0.6 is 0 Å². The minimum absolute atomic E-state index is 0.0417. The molecule has 58 heavy (non-hydrogen) atoms.